The fourth-order valence-corrected chi connectivity index (χ4v) is 3.36. The van der Waals surface area contributed by atoms with Crippen LogP contribution in [0.4, 0.5) is 18.0 Å². The molecule has 0 radical (unpaired) electrons. The zero-order valence-electron chi connectivity index (χ0n) is 18.2. The first-order valence-electron chi connectivity index (χ1n) is 10.2. The predicted octanol–water partition coefficient (Wildman–Crippen LogP) is 2.99. The van der Waals surface area contributed by atoms with Crippen LogP contribution >= 0.6 is 0 Å². The summed E-state index contributed by atoms with van der Waals surface area (Å²) in [7, 11) is 1.42. The SMILES string of the molecule is CN1C=CC(=O)C(NC(=O)NC(CC(=O)O)c2cccc(-c3ccc(OC(F)(F)F)cc3)c2)C1=O. The number of ether oxygens (including phenoxy) is 1. The summed E-state index contributed by atoms with van der Waals surface area (Å²) in [6, 6.07) is 8.04. The van der Waals surface area contributed by atoms with Gasteiger partial charge in [-0.3, -0.25) is 14.4 Å². The fourth-order valence-electron chi connectivity index (χ4n) is 3.36. The van der Waals surface area contributed by atoms with Crippen molar-refractivity contribution < 1.29 is 42.2 Å². The first kappa shape index (κ1) is 25.3. The Labute approximate surface area is 197 Å². The van der Waals surface area contributed by atoms with Crippen molar-refractivity contribution >= 4 is 23.7 Å². The van der Waals surface area contributed by atoms with Gasteiger partial charge in [-0.25, -0.2) is 4.79 Å². The van der Waals surface area contributed by atoms with Crippen molar-refractivity contribution in [2.24, 2.45) is 0 Å². The molecule has 0 spiro atoms. The third kappa shape index (κ3) is 6.82. The second kappa shape index (κ2) is 10.3. The van der Waals surface area contributed by atoms with Gasteiger partial charge in [0.15, 0.2) is 11.8 Å². The lowest BCUT2D eigenvalue weighted by Crippen LogP contribution is -2.55. The number of ketones is 1. The number of alkyl halides is 3. The lowest BCUT2D eigenvalue weighted by molar-refractivity contribution is -0.274. The molecule has 2 unspecified atom stereocenters. The van der Waals surface area contributed by atoms with E-state index in [9.17, 15) is 37.5 Å². The molecule has 2 aromatic carbocycles. The first-order chi connectivity index (χ1) is 16.4. The molecule has 0 bridgehead atoms. The Morgan fingerprint density at radius 3 is 2.43 bits per heavy atom. The highest BCUT2D eigenvalue weighted by atomic mass is 19.4. The molecule has 0 saturated heterocycles. The van der Waals surface area contributed by atoms with Crippen LogP contribution in [0.15, 0.2) is 60.8 Å². The first-order valence-corrected chi connectivity index (χ1v) is 10.2. The highest BCUT2D eigenvalue weighted by molar-refractivity contribution is 6.14. The standard InChI is InChI=1S/C23H20F3N3O6/c1-29-10-9-18(30)20(21(29)33)28-22(34)27-17(12-19(31)32)15-4-2-3-14(11-15)13-5-7-16(8-6-13)35-23(24,25)26/h2-11,17,20H,12H2,1H3,(H,31,32)(H2,27,28,34). The number of amides is 3. The maximum absolute atomic E-state index is 12.5. The number of nitrogens with zero attached hydrogens (tertiary/aromatic N) is 1. The van der Waals surface area contributed by atoms with Crippen molar-refractivity contribution in [3.63, 3.8) is 0 Å². The zero-order chi connectivity index (χ0) is 25.8. The number of urea groups is 1. The Hall–Kier alpha value is -4.35. The zero-order valence-corrected chi connectivity index (χ0v) is 18.2. The van der Waals surface area contributed by atoms with E-state index in [0.29, 0.717) is 16.7 Å². The third-order valence-electron chi connectivity index (χ3n) is 5.01. The van der Waals surface area contributed by atoms with E-state index >= 15 is 0 Å². The van der Waals surface area contributed by atoms with E-state index in [1.165, 1.54) is 25.4 Å². The number of carboxylic acid groups (broad SMARTS) is 1. The van der Waals surface area contributed by atoms with Crippen molar-refractivity contribution in [1.29, 1.82) is 0 Å². The molecule has 2 aromatic rings. The summed E-state index contributed by atoms with van der Waals surface area (Å²) in [5.41, 5.74) is 1.45. The van der Waals surface area contributed by atoms with E-state index in [1.54, 1.807) is 24.3 Å². The molecule has 3 amide bonds. The maximum atomic E-state index is 12.5. The number of aliphatic carboxylic acids is 1. The van der Waals surface area contributed by atoms with Gasteiger partial charge in [0.1, 0.15) is 5.75 Å². The molecule has 0 aliphatic carbocycles. The van der Waals surface area contributed by atoms with Crippen LogP contribution in [0.1, 0.15) is 18.0 Å². The summed E-state index contributed by atoms with van der Waals surface area (Å²) in [6.45, 7) is 0. The lowest BCUT2D eigenvalue weighted by atomic mass is 9.98. The van der Waals surface area contributed by atoms with E-state index in [4.69, 9.17) is 0 Å². The minimum Gasteiger partial charge on any atom is -0.481 e. The molecule has 1 aliphatic rings. The van der Waals surface area contributed by atoms with Crippen molar-refractivity contribution in [2.45, 2.75) is 24.9 Å². The van der Waals surface area contributed by atoms with Crippen LogP contribution < -0.4 is 15.4 Å². The van der Waals surface area contributed by atoms with Gasteiger partial charge in [-0.15, -0.1) is 13.2 Å². The summed E-state index contributed by atoms with van der Waals surface area (Å²) in [5, 5.41) is 14.0. The van der Waals surface area contributed by atoms with Gasteiger partial charge < -0.3 is 25.4 Å². The molecule has 2 atom stereocenters. The summed E-state index contributed by atoms with van der Waals surface area (Å²) in [4.78, 5) is 49.2. The van der Waals surface area contributed by atoms with Crippen LogP contribution in [-0.4, -0.2) is 53.1 Å². The molecule has 184 valence electrons. The number of hydrogen-bond donors (Lipinski definition) is 3. The Balaban J connectivity index is 1.78. The van der Waals surface area contributed by atoms with Gasteiger partial charge in [-0.1, -0.05) is 30.3 Å². The second-order valence-electron chi connectivity index (χ2n) is 7.57. The summed E-state index contributed by atoms with van der Waals surface area (Å²) < 4.78 is 41.0. The van der Waals surface area contributed by atoms with Crippen LogP contribution in [0.3, 0.4) is 0 Å². The number of likely N-dealkylation sites (N-methyl/N-ethyl adjacent to an activating group) is 1. The molecule has 3 N–H and O–H groups in total. The molecule has 1 aliphatic heterocycles. The van der Waals surface area contributed by atoms with Crippen LogP contribution in [0.5, 0.6) is 5.75 Å². The Kier molecular flexibility index (Phi) is 7.43. The number of carboxylic acids is 1. The molecule has 35 heavy (non-hydrogen) atoms. The molecule has 0 aromatic heterocycles. The Morgan fingerprint density at radius 1 is 1.11 bits per heavy atom. The molecule has 9 nitrogen and oxygen atoms in total. The van der Waals surface area contributed by atoms with E-state index in [0.717, 1.165) is 23.1 Å². The second-order valence-corrected chi connectivity index (χ2v) is 7.57. The number of carbonyl (C=O) groups is 4. The minimum absolute atomic E-state index is 0.383. The number of carbonyl (C=O) groups excluding carboxylic acids is 3. The molecule has 0 fully saturated rings. The average Bonchev–Trinajstić information content (AvgIpc) is 2.78. The van der Waals surface area contributed by atoms with Crippen LogP contribution in [0.25, 0.3) is 11.1 Å². The summed E-state index contributed by atoms with van der Waals surface area (Å²) >= 11 is 0. The molecule has 12 heteroatoms. The lowest BCUT2D eigenvalue weighted by Gasteiger charge is -2.25. The van der Waals surface area contributed by atoms with Crippen LogP contribution in [0.2, 0.25) is 0 Å². The predicted molar refractivity (Wildman–Crippen MR) is 116 cm³/mol. The number of nitrogens with one attached hydrogen (secondary N) is 2. The normalized spacial score (nSPS) is 16.6. The molecular formula is C23H20F3N3O6. The average molecular weight is 491 g/mol. The monoisotopic (exact) mass is 491 g/mol. The minimum atomic E-state index is -4.82. The Bertz CT molecular complexity index is 1160. The van der Waals surface area contributed by atoms with E-state index in [-0.39, 0.29) is 0 Å². The van der Waals surface area contributed by atoms with Gasteiger partial charge in [-0.2, -0.15) is 0 Å². The van der Waals surface area contributed by atoms with Gasteiger partial charge >= 0.3 is 18.4 Å². The third-order valence-corrected chi connectivity index (χ3v) is 5.01. The van der Waals surface area contributed by atoms with E-state index in [1.807, 2.05) is 0 Å². The summed E-state index contributed by atoms with van der Waals surface area (Å²) in [5.74, 6) is -2.89. The van der Waals surface area contributed by atoms with Crippen LogP contribution in [0, 0.1) is 0 Å². The largest absolute Gasteiger partial charge is 0.573 e. The van der Waals surface area contributed by atoms with Crippen LogP contribution in [-0.2, 0) is 14.4 Å². The fraction of sp³-hybridized carbons (Fsp3) is 0.217. The van der Waals surface area contributed by atoms with Gasteiger partial charge in [0.05, 0.1) is 12.5 Å². The highest BCUT2D eigenvalue weighted by Crippen LogP contribution is 2.28. The highest BCUT2D eigenvalue weighted by Gasteiger charge is 2.33. The van der Waals surface area contributed by atoms with Gasteiger partial charge in [-0.05, 0) is 34.9 Å². The maximum Gasteiger partial charge on any atom is 0.573 e. The van der Waals surface area contributed by atoms with Gasteiger partial charge in [0.2, 0.25) is 0 Å². The molecular weight excluding hydrogens is 471 g/mol. The van der Waals surface area contributed by atoms with Crippen molar-refractivity contribution in [2.75, 3.05) is 7.05 Å². The summed E-state index contributed by atoms with van der Waals surface area (Å²) in [6.07, 6.45) is -2.94. The Morgan fingerprint density at radius 2 is 1.80 bits per heavy atom. The number of rotatable bonds is 7. The van der Waals surface area contributed by atoms with E-state index in [2.05, 4.69) is 15.4 Å². The molecule has 0 saturated carbocycles. The number of hydrogen-bond acceptors (Lipinski definition) is 5. The quantitative estimate of drug-likeness (QED) is 0.512. The molecule has 3 rings (SSSR count). The topological polar surface area (TPSA) is 125 Å². The van der Waals surface area contributed by atoms with Gasteiger partial charge in [0.25, 0.3) is 5.91 Å². The van der Waals surface area contributed by atoms with Gasteiger partial charge in [0, 0.05) is 19.3 Å². The van der Waals surface area contributed by atoms with Crippen molar-refractivity contribution in [1.82, 2.24) is 15.5 Å². The number of halogens is 3. The molecule has 1 heterocycles. The van der Waals surface area contributed by atoms with Crippen molar-refractivity contribution in [3.8, 4) is 16.9 Å². The van der Waals surface area contributed by atoms with E-state index < -0.39 is 54.3 Å². The smallest absolute Gasteiger partial charge is 0.481 e. The number of benzene rings is 2. The van der Waals surface area contributed by atoms with Crippen molar-refractivity contribution in [3.05, 3.63) is 66.4 Å².